The van der Waals surface area contributed by atoms with E-state index in [4.69, 9.17) is 9.84 Å². The van der Waals surface area contributed by atoms with Crippen molar-refractivity contribution in [2.24, 2.45) is 0 Å². The van der Waals surface area contributed by atoms with Crippen molar-refractivity contribution in [2.75, 3.05) is 46.9 Å². The third kappa shape index (κ3) is 12.7. The van der Waals surface area contributed by atoms with Crippen molar-refractivity contribution in [3.05, 3.63) is 0 Å². The Balaban J connectivity index is 3.25. The van der Waals surface area contributed by atoms with Gasteiger partial charge in [0.2, 0.25) is 0 Å². The Hall–Kier alpha value is -1.34. The molecule has 106 valence electrons. The lowest BCUT2D eigenvalue weighted by molar-refractivity contribution is -0.142. The van der Waals surface area contributed by atoms with Gasteiger partial charge in [0.05, 0.1) is 6.61 Å². The molecule has 7 heteroatoms. The first kappa shape index (κ1) is 16.7. The van der Waals surface area contributed by atoms with Crippen LogP contribution < -0.4 is 10.6 Å². The normalized spacial score (nSPS) is 10.4. The van der Waals surface area contributed by atoms with E-state index in [-0.39, 0.29) is 19.2 Å². The summed E-state index contributed by atoms with van der Waals surface area (Å²) >= 11 is 0. The average molecular weight is 261 g/mol. The smallest absolute Gasteiger partial charge is 0.329 e. The number of aliphatic carboxylic acids is 1. The molecule has 0 aromatic rings. The number of nitrogens with one attached hydrogen (secondary N) is 2. The van der Waals surface area contributed by atoms with Gasteiger partial charge in [0.15, 0.2) is 0 Å². The maximum absolute atomic E-state index is 11.2. The minimum atomic E-state index is -1.01. The van der Waals surface area contributed by atoms with E-state index in [9.17, 15) is 9.59 Å². The summed E-state index contributed by atoms with van der Waals surface area (Å²) in [6.07, 6.45) is 1.97. The van der Waals surface area contributed by atoms with Crippen LogP contribution in [0.25, 0.3) is 0 Å². The highest BCUT2D eigenvalue weighted by Gasteiger charge is 2.00. The second-order valence-corrected chi connectivity index (χ2v) is 4.14. The third-order valence-corrected chi connectivity index (χ3v) is 2.08. The van der Waals surface area contributed by atoms with Gasteiger partial charge in [-0.25, -0.2) is 9.59 Å². The fraction of sp³-hybridized carbons (Fsp3) is 0.818. The summed E-state index contributed by atoms with van der Waals surface area (Å²) in [7, 11) is 4.02. The molecule has 0 saturated heterocycles. The molecule has 18 heavy (non-hydrogen) atoms. The molecular formula is C11H23N3O4. The third-order valence-electron chi connectivity index (χ3n) is 2.08. The van der Waals surface area contributed by atoms with Gasteiger partial charge in [-0.1, -0.05) is 0 Å². The lowest BCUT2D eigenvalue weighted by Crippen LogP contribution is -2.38. The lowest BCUT2D eigenvalue weighted by atomic mass is 10.3. The second-order valence-electron chi connectivity index (χ2n) is 4.14. The molecule has 0 radical (unpaired) electrons. The second kappa shape index (κ2) is 10.8. The number of hydrogen-bond acceptors (Lipinski definition) is 4. The van der Waals surface area contributed by atoms with Crippen molar-refractivity contribution >= 4 is 12.0 Å². The van der Waals surface area contributed by atoms with Gasteiger partial charge in [-0.05, 0) is 33.5 Å². The molecule has 0 bridgehead atoms. The Kier molecular flexibility index (Phi) is 9.99. The number of unbranched alkanes of at least 4 members (excludes halogenated alkanes) is 1. The molecule has 0 heterocycles. The monoisotopic (exact) mass is 261 g/mol. The topological polar surface area (TPSA) is 90.9 Å². The molecule has 0 aromatic carbocycles. The van der Waals surface area contributed by atoms with E-state index in [0.717, 1.165) is 19.4 Å². The number of carbonyl (C=O) groups excluding carboxylic acids is 1. The van der Waals surface area contributed by atoms with Crippen LogP contribution in [0.1, 0.15) is 12.8 Å². The molecule has 0 aliphatic heterocycles. The zero-order valence-corrected chi connectivity index (χ0v) is 11.1. The zero-order chi connectivity index (χ0) is 13.8. The SMILES string of the molecule is CN(C)CCCCNC(=O)NCCOCC(=O)O. The number of hydrogen-bond donors (Lipinski definition) is 3. The first-order chi connectivity index (χ1) is 8.52. The van der Waals surface area contributed by atoms with Crippen molar-refractivity contribution in [1.29, 1.82) is 0 Å². The van der Waals surface area contributed by atoms with Crippen molar-refractivity contribution in [3.8, 4) is 0 Å². The highest BCUT2D eigenvalue weighted by atomic mass is 16.5. The van der Waals surface area contributed by atoms with E-state index in [1.807, 2.05) is 14.1 Å². The lowest BCUT2D eigenvalue weighted by Gasteiger charge is -2.10. The van der Waals surface area contributed by atoms with Crippen LogP contribution in [0.15, 0.2) is 0 Å². The summed E-state index contributed by atoms with van der Waals surface area (Å²) < 4.78 is 4.77. The highest BCUT2D eigenvalue weighted by molar-refractivity contribution is 5.73. The van der Waals surface area contributed by atoms with Gasteiger partial charge < -0.3 is 25.4 Å². The summed E-state index contributed by atoms with van der Waals surface area (Å²) in [6, 6.07) is -0.251. The van der Waals surface area contributed by atoms with Gasteiger partial charge in [0, 0.05) is 13.1 Å². The quantitative estimate of drug-likeness (QED) is 0.471. The summed E-state index contributed by atoms with van der Waals surface area (Å²) in [5.74, 6) is -1.01. The van der Waals surface area contributed by atoms with E-state index in [2.05, 4.69) is 15.5 Å². The van der Waals surface area contributed by atoms with Crippen LogP contribution in [0.4, 0.5) is 4.79 Å². The maximum Gasteiger partial charge on any atom is 0.329 e. The van der Waals surface area contributed by atoms with Gasteiger partial charge in [-0.2, -0.15) is 0 Å². The fourth-order valence-corrected chi connectivity index (χ4v) is 1.21. The number of carbonyl (C=O) groups is 2. The van der Waals surface area contributed by atoms with Crippen molar-refractivity contribution in [3.63, 3.8) is 0 Å². The predicted molar refractivity (Wildman–Crippen MR) is 67.6 cm³/mol. The Morgan fingerprint density at radius 3 is 2.44 bits per heavy atom. The van der Waals surface area contributed by atoms with Crippen LogP contribution in [0.2, 0.25) is 0 Å². The van der Waals surface area contributed by atoms with Crippen molar-refractivity contribution in [1.82, 2.24) is 15.5 Å². The molecule has 3 N–H and O–H groups in total. The maximum atomic E-state index is 11.2. The molecule has 7 nitrogen and oxygen atoms in total. The zero-order valence-electron chi connectivity index (χ0n) is 11.1. The van der Waals surface area contributed by atoms with E-state index < -0.39 is 5.97 Å². The van der Waals surface area contributed by atoms with Crippen LogP contribution in [-0.4, -0.2) is 69.0 Å². The molecule has 0 aliphatic carbocycles. The first-order valence-electron chi connectivity index (χ1n) is 5.98. The number of rotatable bonds is 10. The molecule has 0 aliphatic rings. The first-order valence-corrected chi connectivity index (χ1v) is 5.98. The Morgan fingerprint density at radius 2 is 1.83 bits per heavy atom. The molecule has 0 saturated carbocycles. The number of ether oxygens (including phenoxy) is 1. The highest BCUT2D eigenvalue weighted by Crippen LogP contribution is 1.88. The average Bonchev–Trinajstić information content (AvgIpc) is 2.27. The Labute approximate surface area is 107 Å². The largest absolute Gasteiger partial charge is 0.480 e. The van der Waals surface area contributed by atoms with Crippen LogP contribution in [0.3, 0.4) is 0 Å². The van der Waals surface area contributed by atoms with Crippen molar-refractivity contribution in [2.45, 2.75) is 12.8 Å². The van der Waals surface area contributed by atoms with Gasteiger partial charge in [-0.3, -0.25) is 0 Å². The molecule has 0 rings (SSSR count). The number of carboxylic acid groups (broad SMARTS) is 1. The minimum Gasteiger partial charge on any atom is -0.480 e. The predicted octanol–water partition coefficient (Wildman–Crippen LogP) is -0.271. The Morgan fingerprint density at radius 1 is 1.17 bits per heavy atom. The van der Waals surface area contributed by atoms with Gasteiger partial charge in [0.25, 0.3) is 0 Å². The number of urea groups is 1. The van der Waals surface area contributed by atoms with Gasteiger partial charge in [0.1, 0.15) is 6.61 Å². The summed E-state index contributed by atoms with van der Waals surface area (Å²) in [5, 5.41) is 13.6. The van der Waals surface area contributed by atoms with Crippen molar-refractivity contribution < 1.29 is 19.4 Å². The van der Waals surface area contributed by atoms with Crippen LogP contribution in [0.5, 0.6) is 0 Å². The number of nitrogens with zero attached hydrogens (tertiary/aromatic N) is 1. The van der Waals surface area contributed by atoms with E-state index >= 15 is 0 Å². The molecule has 0 aromatic heterocycles. The number of carboxylic acids is 1. The molecule has 0 atom stereocenters. The molecule has 0 unspecified atom stereocenters. The van der Waals surface area contributed by atoms with E-state index in [0.29, 0.717) is 13.1 Å². The van der Waals surface area contributed by atoms with Crippen LogP contribution in [-0.2, 0) is 9.53 Å². The number of amides is 2. The van der Waals surface area contributed by atoms with E-state index in [1.165, 1.54) is 0 Å². The minimum absolute atomic E-state index is 0.195. The van der Waals surface area contributed by atoms with Crippen LogP contribution >= 0.6 is 0 Å². The van der Waals surface area contributed by atoms with Gasteiger partial charge in [-0.15, -0.1) is 0 Å². The molecule has 0 spiro atoms. The summed E-state index contributed by atoms with van der Waals surface area (Å²) in [6.45, 7) is 1.80. The van der Waals surface area contributed by atoms with E-state index in [1.54, 1.807) is 0 Å². The van der Waals surface area contributed by atoms with Gasteiger partial charge >= 0.3 is 12.0 Å². The summed E-state index contributed by atoms with van der Waals surface area (Å²) in [4.78, 5) is 23.4. The van der Waals surface area contributed by atoms with Crippen LogP contribution in [0, 0.1) is 0 Å². The molecular weight excluding hydrogens is 238 g/mol. The summed E-state index contributed by atoms with van der Waals surface area (Å²) in [5.41, 5.74) is 0. The fourth-order valence-electron chi connectivity index (χ4n) is 1.21. The Bertz CT molecular complexity index is 246. The molecule has 2 amide bonds. The molecule has 0 fully saturated rings. The standard InChI is InChI=1S/C11H23N3O4/c1-14(2)7-4-3-5-12-11(17)13-6-8-18-9-10(15)16/h3-9H2,1-2H3,(H,15,16)(H2,12,13,17).